The lowest BCUT2D eigenvalue weighted by atomic mass is 10.1. The molecule has 0 fully saturated rings. The van der Waals surface area contributed by atoms with Crippen molar-refractivity contribution >= 4 is 24.3 Å². The smallest absolute Gasteiger partial charge is 0.306 e. The zero-order valence-electron chi connectivity index (χ0n) is 19.2. The number of methoxy groups -OCH3 is 1. The molecule has 1 atom stereocenters. The predicted octanol–water partition coefficient (Wildman–Crippen LogP) is 4.43. The number of carbonyl (C=O) groups excluding carboxylic acids is 1. The minimum atomic E-state index is -1.00. The van der Waals surface area contributed by atoms with Crippen molar-refractivity contribution in [2.24, 2.45) is 0 Å². The van der Waals surface area contributed by atoms with E-state index in [9.17, 15) is 9.59 Å². The van der Waals surface area contributed by atoms with Gasteiger partial charge in [-0.25, -0.2) is 0 Å². The standard InChI is InChI=1S/C13H16O5.C11H17NO.ClH/c1-17-11-4-2-3-10(9-11)7-8-18-13(16)6-5-12(14)15;1-4-11(12(2)3)13-10-8-6-5-7-9-10;/h2-4,9H,5-8H2,1H3,(H,14,15);5-9,11H,4H2,1-3H3;1H. The van der Waals surface area contributed by atoms with Crippen molar-refractivity contribution in [1.29, 1.82) is 0 Å². The van der Waals surface area contributed by atoms with E-state index in [2.05, 4.69) is 11.8 Å². The van der Waals surface area contributed by atoms with Crippen LogP contribution in [-0.2, 0) is 20.7 Å². The van der Waals surface area contributed by atoms with Crippen molar-refractivity contribution < 1.29 is 28.9 Å². The highest BCUT2D eigenvalue weighted by molar-refractivity contribution is 5.85. The van der Waals surface area contributed by atoms with Crippen molar-refractivity contribution in [3.05, 3.63) is 60.2 Å². The van der Waals surface area contributed by atoms with Crippen molar-refractivity contribution in [3.8, 4) is 11.5 Å². The van der Waals surface area contributed by atoms with E-state index >= 15 is 0 Å². The van der Waals surface area contributed by atoms with Gasteiger partial charge in [-0.3, -0.25) is 14.5 Å². The lowest BCUT2D eigenvalue weighted by Crippen LogP contribution is -2.32. The number of ether oxygens (including phenoxy) is 3. The summed E-state index contributed by atoms with van der Waals surface area (Å²) in [5.74, 6) is 0.202. The van der Waals surface area contributed by atoms with Crippen LogP contribution in [0.1, 0.15) is 31.7 Å². The second kappa shape index (κ2) is 16.9. The number of aliphatic carboxylic acids is 1. The number of rotatable bonds is 11. The largest absolute Gasteiger partial charge is 0.497 e. The number of carbonyl (C=O) groups is 2. The molecule has 0 saturated heterocycles. The molecule has 0 spiro atoms. The van der Waals surface area contributed by atoms with E-state index in [-0.39, 0.29) is 38.1 Å². The van der Waals surface area contributed by atoms with Crippen molar-refractivity contribution in [2.45, 2.75) is 38.8 Å². The molecular weight excluding hydrogens is 434 g/mol. The molecule has 2 aromatic carbocycles. The Morgan fingerprint density at radius 2 is 1.66 bits per heavy atom. The maximum atomic E-state index is 11.2. The van der Waals surface area contributed by atoms with E-state index in [4.69, 9.17) is 19.3 Å². The summed E-state index contributed by atoms with van der Waals surface area (Å²) in [6.45, 7) is 2.36. The van der Waals surface area contributed by atoms with Gasteiger partial charge in [-0.2, -0.15) is 0 Å². The highest BCUT2D eigenvalue weighted by Crippen LogP contribution is 2.14. The topological polar surface area (TPSA) is 85.3 Å². The van der Waals surface area contributed by atoms with Crippen LogP contribution in [0.15, 0.2) is 54.6 Å². The molecule has 0 aliphatic rings. The minimum Gasteiger partial charge on any atom is -0.497 e. The third kappa shape index (κ3) is 12.8. The van der Waals surface area contributed by atoms with E-state index in [0.29, 0.717) is 6.42 Å². The van der Waals surface area contributed by atoms with Gasteiger partial charge in [-0.05, 0) is 50.3 Å². The number of benzene rings is 2. The Balaban J connectivity index is 0.000000611. The average Bonchev–Trinajstić information content (AvgIpc) is 2.77. The molecule has 2 aromatic rings. The molecular formula is C24H34ClNO6. The van der Waals surface area contributed by atoms with Gasteiger partial charge < -0.3 is 19.3 Å². The van der Waals surface area contributed by atoms with Gasteiger partial charge in [0.25, 0.3) is 0 Å². The molecule has 1 unspecified atom stereocenters. The molecule has 0 aromatic heterocycles. The van der Waals surface area contributed by atoms with Crippen LogP contribution in [0.2, 0.25) is 0 Å². The summed E-state index contributed by atoms with van der Waals surface area (Å²) in [5, 5.41) is 8.40. The molecule has 1 N–H and O–H groups in total. The lowest BCUT2D eigenvalue weighted by Gasteiger charge is -2.23. The summed E-state index contributed by atoms with van der Waals surface area (Å²) < 4.78 is 15.8. The van der Waals surface area contributed by atoms with Crippen LogP contribution >= 0.6 is 12.4 Å². The number of halogens is 1. The average molecular weight is 468 g/mol. The Labute approximate surface area is 196 Å². The quantitative estimate of drug-likeness (QED) is 0.386. The Bertz CT molecular complexity index is 785. The minimum absolute atomic E-state index is 0. The van der Waals surface area contributed by atoms with Crippen LogP contribution in [0.3, 0.4) is 0 Å². The Kier molecular flexibility index (Phi) is 15.4. The summed E-state index contributed by atoms with van der Waals surface area (Å²) in [7, 11) is 5.64. The third-order valence-electron chi connectivity index (χ3n) is 4.27. The number of esters is 1. The molecule has 0 amide bonds. The highest BCUT2D eigenvalue weighted by atomic mass is 35.5. The number of hydrogen-bond donors (Lipinski definition) is 1. The number of hydrogen-bond acceptors (Lipinski definition) is 6. The first-order chi connectivity index (χ1) is 14.8. The van der Waals surface area contributed by atoms with Crippen LogP contribution in [0.25, 0.3) is 0 Å². The fourth-order valence-corrected chi connectivity index (χ4v) is 2.60. The van der Waals surface area contributed by atoms with Crippen LogP contribution in [0.5, 0.6) is 11.5 Å². The zero-order chi connectivity index (χ0) is 23.1. The van der Waals surface area contributed by atoms with Crippen molar-refractivity contribution in [1.82, 2.24) is 4.90 Å². The van der Waals surface area contributed by atoms with E-state index < -0.39 is 11.9 Å². The van der Waals surface area contributed by atoms with E-state index in [1.807, 2.05) is 68.7 Å². The normalized spacial score (nSPS) is 10.8. The maximum Gasteiger partial charge on any atom is 0.306 e. The third-order valence-corrected chi connectivity index (χ3v) is 4.27. The van der Waals surface area contributed by atoms with Gasteiger partial charge in [0.15, 0.2) is 6.23 Å². The van der Waals surface area contributed by atoms with Gasteiger partial charge in [0.1, 0.15) is 11.5 Å². The van der Waals surface area contributed by atoms with E-state index in [1.165, 1.54) is 0 Å². The summed E-state index contributed by atoms with van der Waals surface area (Å²) in [5.41, 5.74) is 1.00. The second-order valence-electron chi connectivity index (χ2n) is 6.97. The Hall–Kier alpha value is -2.77. The molecule has 0 heterocycles. The van der Waals surface area contributed by atoms with Gasteiger partial charge in [-0.15, -0.1) is 12.4 Å². The summed E-state index contributed by atoms with van der Waals surface area (Å²) in [6.07, 6.45) is 1.45. The molecule has 0 saturated carbocycles. The molecule has 178 valence electrons. The molecule has 0 radical (unpaired) electrons. The van der Waals surface area contributed by atoms with E-state index in [1.54, 1.807) is 7.11 Å². The predicted molar refractivity (Wildman–Crippen MR) is 127 cm³/mol. The highest BCUT2D eigenvalue weighted by Gasteiger charge is 2.09. The first-order valence-electron chi connectivity index (χ1n) is 10.2. The lowest BCUT2D eigenvalue weighted by molar-refractivity contribution is -0.147. The summed E-state index contributed by atoms with van der Waals surface area (Å²) >= 11 is 0. The Morgan fingerprint density at radius 3 is 2.22 bits per heavy atom. The molecule has 32 heavy (non-hydrogen) atoms. The first-order valence-corrected chi connectivity index (χ1v) is 10.2. The molecule has 0 aliphatic carbocycles. The van der Waals surface area contributed by atoms with Crippen LogP contribution < -0.4 is 9.47 Å². The van der Waals surface area contributed by atoms with Gasteiger partial charge in [0, 0.05) is 6.42 Å². The second-order valence-corrected chi connectivity index (χ2v) is 6.97. The zero-order valence-corrected chi connectivity index (χ0v) is 20.0. The fourth-order valence-electron chi connectivity index (χ4n) is 2.60. The van der Waals surface area contributed by atoms with Crippen LogP contribution in [0.4, 0.5) is 0 Å². The molecule has 0 aliphatic heterocycles. The summed E-state index contributed by atoms with van der Waals surface area (Å²) in [6, 6.07) is 17.4. The van der Waals surface area contributed by atoms with Crippen molar-refractivity contribution in [2.75, 3.05) is 27.8 Å². The number of carboxylic acid groups (broad SMARTS) is 1. The SMILES string of the molecule is CCC(Oc1ccccc1)N(C)C.COc1cccc(CCOC(=O)CCC(=O)O)c1.Cl. The van der Waals surface area contributed by atoms with Crippen molar-refractivity contribution in [3.63, 3.8) is 0 Å². The van der Waals surface area contributed by atoms with E-state index in [0.717, 1.165) is 23.5 Å². The monoisotopic (exact) mass is 467 g/mol. The van der Waals surface area contributed by atoms with Gasteiger partial charge in [0.2, 0.25) is 0 Å². The van der Waals surface area contributed by atoms with Crippen LogP contribution in [-0.4, -0.2) is 56.0 Å². The fraction of sp³-hybridized carbons (Fsp3) is 0.417. The number of para-hydroxylation sites is 1. The summed E-state index contributed by atoms with van der Waals surface area (Å²) in [4.78, 5) is 23.5. The van der Waals surface area contributed by atoms with Gasteiger partial charge >= 0.3 is 11.9 Å². The first kappa shape index (κ1) is 29.2. The van der Waals surface area contributed by atoms with Crippen LogP contribution in [0, 0.1) is 0 Å². The number of nitrogens with zero attached hydrogens (tertiary/aromatic N) is 1. The Morgan fingerprint density at radius 1 is 1.00 bits per heavy atom. The molecule has 0 bridgehead atoms. The molecule has 8 heteroatoms. The van der Waals surface area contributed by atoms with Gasteiger partial charge in [-0.1, -0.05) is 37.3 Å². The molecule has 7 nitrogen and oxygen atoms in total. The van der Waals surface area contributed by atoms with Gasteiger partial charge in [0.05, 0.1) is 26.6 Å². The number of carboxylic acids is 1. The molecule has 2 rings (SSSR count). The maximum absolute atomic E-state index is 11.2.